The van der Waals surface area contributed by atoms with Crippen molar-refractivity contribution in [2.45, 2.75) is 4.90 Å². The van der Waals surface area contributed by atoms with Crippen molar-refractivity contribution in [3.63, 3.8) is 0 Å². The molecule has 0 aliphatic carbocycles. The lowest BCUT2D eigenvalue weighted by Gasteiger charge is -2.25. The maximum atomic E-state index is 12.6. The minimum Gasteiger partial charge on any atom is -0.408 e. The van der Waals surface area contributed by atoms with Crippen LogP contribution in [-0.2, 0) is 26.9 Å². The van der Waals surface area contributed by atoms with Gasteiger partial charge in [-0.05, 0) is 18.2 Å². The first kappa shape index (κ1) is 15.3. The van der Waals surface area contributed by atoms with E-state index in [0.717, 1.165) is 4.31 Å². The highest BCUT2D eigenvalue weighted by molar-refractivity contribution is 7.92. The van der Waals surface area contributed by atoms with Gasteiger partial charge >= 0.3 is 5.76 Å². The van der Waals surface area contributed by atoms with E-state index in [2.05, 4.69) is 0 Å². The van der Waals surface area contributed by atoms with Crippen LogP contribution in [0, 0.1) is 0 Å². The number of fused-ring (bicyclic) bond motifs is 1. The maximum absolute atomic E-state index is 12.6. The molecular weight excluding hydrogens is 332 g/mol. The van der Waals surface area contributed by atoms with Crippen LogP contribution in [0.4, 0.5) is 0 Å². The molecule has 22 heavy (non-hydrogen) atoms. The molecule has 10 heteroatoms. The average Bonchev–Trinajstić information content (AvgIpc) is 2.73. The van der Waals surface area contributed by atoms with Gasteiger partial charge in [-0.25, -0.2) is 21.6 Å². The number of sulfonamides is 1. The molecule has 0 amide bonds. The van der Waals surface area contributed by atoms with Gasteiger partial charge in [-0.3, -0.25) is 4.57 Å². The number of aryl methyl sites for hydroxylation is 1. The quantitative estimate of drug-likeness (QED) is 0.729. The van der Waals surface area contributed by atoms with E-state index in [1.165, 1.54) is 29.8 Å². The lowest BCUT2D eigenvalue weighted by molar-refractivity contribution is 0.431. The van der Waals surface area contributed by atoms with Crippen LogP contribution < -0.4 is 5.76 Å². The van der Waals surface area contributed by atoms with Crippen LogP contribution in [0.1, 0.15) is 0 Å². The molecule has 0 spiro atoms. The second-order valence-corrected chi connectivity index (χ2v) is 9.35. The van der Waals surface area contributed by atoms with Crippen LogP contribution >= 0.6 is 0 Å². The minimum atomic E-state index is -3.80. The Hall–Kier alpha value is -1.65. The molecule has 1 aliphatic rings. The molecule has 0 radical (unpaired) electrons. The largest absolute Gasteiger partial charge is 0.419 e. The van der Waals surface area contributed by atoms with Gasteiger partial charge in [0.15, 0.2) is 15.4 Å². The molecule has 0 saturated carbocycles. The van der Waals surface area contributed by atoms with Crippen LogP contribution in [-0.4, -0.2) is 50.3 Å². The SMILES string of the molecule is Cn1c(=O)oc2ccc(S(=O)(=O)N3CCS(=O)(=O)CC3)cc21. The number of nitrogens with zero attached hydrogens (tertiary/aromatic N) is 2. The molecule has 120 valence electrons. The number of sulfone groups is 1. The van der Waals surface area contributed by atoms with E-state index in [0.29, 0.717) is 11.1 Å². The Balaban J connectivity index is 2.02. The fraction of sp³-hybridized carbons (Fsp3) is 0.417. The summed E-state index contributed by atoms with van der Waals surface area (Å²) in [7, 11) is -5.48. The maximum Gasteiger partial charge on any atom is 0.419 e. The summed E-state index contributed by atoms with van der Waals surface area (Å²) in [5.74, 6) is -0.939. The number of oxazole rings is 1. The minimum absolute atomic E-state index is 0.00991. The van der Waals surface area contributed by atoms with Crippen molar-refractivity contribution in [2.24, 2.45) is 7.05 Å². The first-order chi connectivity index (χ1) is 10.2. The van der Waals surface area contributed by atoms with Crippen LogP contribution in [0.3, 0.4) is 0 Å². The van der Waals surface area contributed by atoms with Gasteiger partial charge in [-0.15, -0.1) is 0 Å². The van der Waals surface area contributed by atoms with E-state index in [1.807, 2.05) is 0 Å². The summed E-state index contributed by atoms with van der Waals surface area (Å²) < 4.78 is 55.3. The zero-order chi connectivity index (χ0) is 16.1. The fourth-order valence-electron chi connectivity index (χ4n) is 2.35. The smallest absolute Gasteiger partial charge is 0.408 e. The third-order valence-electron chi connectivity index (χ3n) is 3.70. The van der Waals surface area contributed by atoms with Gasteiger partial charge in [-0.2, -0.15) is 4.31 Å². The second kappa shape index (κ2) is 4.93. The first-order valence-corrected chi connectivity index (χ1v) is 9.77. The normalized spacial score (nSPS) is 19.5. The molecule has 1 aromatic heterocycles. The highest BCUT2D eigenvalue weighted by Crippen LogP contribution is 2.22. The summed E-state index contributed by atoms with van der Waals surface area (Å²) in [6.07, 6.45) is 0. The number of rotatable bonds is 2. The van der Waals surface area contributed by atoms with Gasteiger partial charge in [0.25, 0.3) is 0 Å². The third kappa shape index (κ3) is 2.46. The molecule has 0 unspecified atom stereocenters. The summed E-state index contributed by atoms with van der Waals surface area (Å²) in [4.78, 5) is 11.5. The Morgan fingerprint density at radius 2 is 1.82 bits per heavy atom. The molecule has 8 nitrogen and oxygen atoms in total. The Labute approximate surface area is 126 Å². The molecular formula is C12H14N2O6S2. The van der Waals surface area contributed by atoms with Gasteiger partial charge < -0.3 is 4.42 Å². The molecule has 1 aliphatic heterocycles. The van der Waals surface area contributed by atoms with Crippen molar-refractivity contribution < 1.29 is 21.3 Å². The van der Waals surface area contributed by atoms with Crippen molar-refractivity contribution >= 4 is 31.0 Å². The number of aromatic nitrogens is 1. The molecule has 2 heterocycles. The Morgan fingerprint density at radius 3 is 2.45 bits per heavy atom. The molecule has 1 saturated heterocycles. The second-order valence-electron chi connectivity index (χ2n) is 5.11. The molecule has 1 fully saturated rings. The van der Waals surface area contributed by atoms with Crippen LogP contribution in [0.2, 0.25) is 0 Å². The highest BCUT2D eigenvalue weighted by atomic mass is 32.2. The van der Waals surface area contributed by atoms with E-state index >= 15 is 0 Å². The van der Waals surface area contributed by atoms with Crippen LogP contribution in [0.15, 0.2) is 32.3 Å². The van der Waals surface area contributed by atoms with E-state index in [4.69, 9.17) is 4.42 Å². The van der Waals surface area contributed by atoms with Gasteiger partial charge in [0.1, 0.15) is 0 Å². The predicted octanol–water partition coefficient (Wildman–Crippen LogP) is -0.449. The van der Waals surface area contributed by atoms with Gasteiger partial charge in [0.05, 0.1) is 21.9 Å². The van der Waals surface area contributed by atoms with Crippen molar-refractivity contribution in [3.8, 4) is 0 Å². The van der Waals surface area contributed by atoms with Crippen LogP contribution in [0.5, 0.6) is 0 Å². The van der Waals surface area contributed by atoms with Crippen molar-refractivity contribution in [2.75, 3.05) is 24.6 Å². The van der Waals surface area contributed by atoms with Crippen molar-refractivity contribution in [1.29, 1.82) is 0 Å². The van der Waals surface area contributed by atoms with E-state index in [1.54, 1.807) is 0 Å². The summed E-state index contributed by atoms with van der Waals surface area (Å²) >= 11 is 0. The Bertz CT molecular complexity index is 986. The summed E-state index contributed by atoms with van der Waals surface area (Å²) in [5.41, 5.74) is 0.670. The van der Waals surface area contributed by atoms with E-state index in [9.17, 15) is 21.6 Å². The first-order valence-electron chi connectivity index (χ1n) is 6.51. The third-order valence-corrected chi connectivity index (χ3v) is 7.21. The molecule has 0 bridgehead atoms. The number of hydrogen-bond acceptors (Lipinski definition) is 6. The van der Waals surface area contributed by atoms with E-state index in [-0.39, 0.29) is 29.5 Å². The van der Waals surface area contributed by atoms with Crippen molar-refractivity contribution in [1.82, 2.24) is 8.87 Å². The number of hydrogen-bond donors (Lipinski definition) is 0. The zero-order valence-electron chi connectivity index (χ0n) is 11.7. The molecule has 0 atom stereocenters. The van der Waals surface area contributed by atoms with Crippen LogP contribution in [0.25, 0.3) is 11.1 Å². The zero-order valence-corrected chi connectivity index (χ0v) is 13.4. The summed E-state index contributed by atoms with van der Waals surface area (Å²) in [6.45, 7) is -0.125. The Morgan fingerprint density at radius 1 is 1.18 bits per heavy atom. The summed E-state index contributed by atoms with van der Waals surface area (Å²) in [5, 5.41) is 0. The molecule has 0 N–H and O–H groups in total. The van der Waals surface area contributed by atoms with Crippen molar-refractivity contribution in [3.05, 3.63) is 28.7 Å². The van der Waals surface area contributed by atoms with Gasteiger partial charge in [0.2, 0.25) is 10.0 Å². The molecule has 1 aromatic carbocycles. The lowest BCUT2D eigenvalue weighted by Crippen LogP contribution is -2.43. The predicted molar refractivity (Wildman–Crippen MR) is 78.9 cm³/mol. The van der Waals surface area contributed by atoms with E-state index < -0.39 is 25.6 Å². The average molecular weight is 346 g/mol. The number of benzene rings is 1. The standard InChI is InChI=1S/C12H14N2O6S2/c1-13-10-8-9(2-3-11(10)20-12(13)15)22(18,19)14-4-6-21(16,17)7-5-14/h2-3,8H,4-7H2,1H3. The topological polar surface area (TPSA) is 107 Å². The summed E-state index contributed by atoms with van der Waals surface area (Å²) in [6, 6.07) is 4.13. The molecule has 3 rings (SSSR count). The molecule has 2 aromatic rings. The van der Waals surface area contributed by atoms with Gasteiger partial charge in [-0.1, -0.05) is 0 Å². The lowest BCUT2D eigenvalue weighted by atomic mass is 10.3. The monoisotopic (exact) mass is 346 g/mol. The highest BCUT2D eigenvalue weighted by Gasteiger charge is 2.31. The van der Waals surface area contributed by atoms with Gasteiger partial charge in [0, 0.05) is 20.1 Å². The Kier molecular flexibility index (Phi) is 3.42. The fourth-order valence-corrected chi connectivity index (χ4v) is 5.25.